The van der Waals surface area contributed by atoms with Crippen LogP contribution in [0.1, 0.15) is 45.2 Å². The normalized spacial score (nSPS) is 11.1. The Morgan fingerprint density at radius 3 is 1.16 bits per heavy atom. The van der Waals surface area contributed by atoms with Gasteiger partial charge in [0.25, 0.3) is 0 Å². The van der Waals surface area contributed by atoms with Crippen LogP contribution in [-0.2, 0) is 0 Å². The van der Waals surface area contributed by atoms with E-state index < -0.39 is 0 Å². The Balaban J connectivity index is 1.65. The summed E-state index contributed by atoms with van der Waals surface area (Å²) in [4.78, 5) is 0. The topological polar surface area (TPSA) is 0 Å². The van der Waals surface area contributed by atoms with E-state index in [1.807, 2.05) is 0 Å². The molecule has 0 nitrogen and oxygen atoms in total. The molecule has 0 unspecified atom stereocenters. The summed E-state index contributed by atoms with van der Waals surface area (Å²) in [6.45, 7) is 0. The van der Waals surface area contributed by atoms with Crippen molar-refractivity contribution < 1.29 is 0 Å². The first-order valence-electron chi connectivity index (χ1n) is 11.1. The largest absolute Gasteiger partial charge is 0.0622 e. The van der Waals surface area contributed by atoms with Gasteiger partial charge in [-0.3, -0.25) is 0 Å². The molecule has 0 heteroatoms. The highest BCUT2D eigenvalue weighted by atomic mass is 14.2. The van der Waals surface area contributed by atoms with Crippen LogP contribution in [0.3, 0.4) is 0 Å². The molecule has 5 rings (SSSR count). The highest BCUT2D eigenvalue weighted by molar-refractivity contribution is 5.48. The maximum absolute atomic E-state index is 3.56. The van der Waals surface area contributed by atoms with Gasteiger partial charge >= 0.3 is 0 Å². The maximum atomic E-state index is 3.56. The molecule has 0 N–H and O–H groups in total. The first kappa shape index (κ1) is 20.0. The van der Waals surface area contributed by atoms with Crippen LogP contribution in [0.5, 0.6) is 0 Å². The van der Waals surface area contributed by atoms with E-state index in [2.05, 4.69) is 146 Å². The van der Waals surface area contributed by atoms with E-state index in [-0.39, 0.29) is 11.8 Å². The molecule has 0 aromatic heterocycles. The minimum absolute atomic E-state index is 0.143. The molecule has 0 saturated heterocycles. The smallest absolute Gasteiger partial charge is 0.0346 e. The van der Waals surface area contributed by atoms with Crippen molar-refractivity contribution in [2.75, 3.05) is 0 Å². The van der Waals surface area contributed by atoms with Crippen molar-refractivity contribution in [3.8, 4) is 0 Å². The standard InChI is InChI=1S/C32H25/c1-5-14-25(15-6-1)31(26-16-7-2-8-17-26)29-22-13-23-30(24-29)32(27-18-9-3-10-19-27)28-20-11-4-12-21-28/h1-22,24,31-32H. The van der Waals surface area contributed by atoms with Crippen LogP contribution in [0.2, 0.25) is 0 Å². The van der Waals surface area contributed by atoms with Crippen LogP contribution in [-0.4, -0.2) is 0 Å². The summed E-state index contributed by atoms with van der Waals surface area (Å²) in [7, 11) is 0. The Labute approximate surface area is 190 Å². The number of benzene rings is 5. The van der Waals surface area contributed by atoms with Crippen LogP contribution in [0, 0.1) is 6.07 Å². The fraction of sp³-hybridized carbons (Fsp3) is 0.0625. The first-order chi connectivity index (χ1) is 15.9. The van der Waals surface area contributed by atoms with E-state index in [9.17, 15) is 0 Å². The molecule has 0 aliphatic carbocycles. The van der Waals surface area contributed by atoms with Gasteiger partial charge in [-0.25, -0.2) is 0 Å². The summed E-state index contributed by atoms with van der Waals surface area (Å²) in [5.41, 5.74) is 7.63. The van der Waals surface area contributed by atoms with Gasteiger partial charge in [-0.05, 0) is 39.4 Å². The zero-order chi connectivity index (χ0) is 21.6. The minimum Gasteiger partial charge on any atom is -0.0622 e. The summed E-state index contributed by atoms with van der Waals surface area (Å²) in [5.74, 6) is 0.322. The van der Waals surface area contributed by atoms with E-state index >= 15 is 0 Å². The maximum Gasteiger partial charge on any atom is 0.0346 e. The van der Waals surface area contributed by atoms with Crippen LogP contribution in [0.15, 0.2) is 140 Å². The van der Waals surface area contributed by atoms with Gasteiger partial charge in [-0.15, -0.1) is 0 Å². The molecule has 0 aliphatic heterocycles. The quantitative estimate of drug-likeness (QED) is 0.251. The van der Waals surface area contributed by atoms with Crippen molar-refractivity contribution in [2.24, 2.45) is 0 Å². The van der Waals surface area contributed by atoms with Gasteiger partial charge in [0.1, 0.15) is 0 Å². The molecule has 32 heavy (non-hydrogen) atoms. The molecule has 0 fully saturated rings. The average Bonchev–Trinajstić information content (AvgIpc) is 2.87. The SMILES string of the molecule is [c]1ccc(C(c2ccccc2)c2ccccc2)cc1C(c1ccccc1)c1ccccc1. The van der Waals surface area contributed by atoms with Crippen molar-refractivity contribution in [1.82, 2.24) is 0 Å². The van der Waals surface area contributed by atoms with Gasteiger partial charge in [0, 0.05) is 11.8 Å². The molecule has 0 amide bonds. The van der Waals surface area contributed by atoms with Gasteiger partial charge < -0.3 is 0 Å². The molecular weight excluding hydrogens is 384 g/mol. The molecular formula is C32H25. The lowest BCUT2D eigenvalue weighted by molar-refractivity contribution is 0.938. The van der Waals surface area contributed by atoms with Crippen molar-refractivity contribution in [3.63, 3.8) is 0 Å². The third kappa shape index (κ3) is 4.26. The zero-order valence-corrected chi connectivity index (χ0v) is 17.9. The Kier molecular flexibility index (Phi) is 5.94. The van der Waals surface area contributed by atoms with Gasteiger partial charge in [-0.1, -0.05) is 140 Å². The lowest BCUT2D eigenvalue weighted by Crippen LogP contribution is -2.07. The van der Waals surface area contributed by atoms with Gasteiger partial charge in [0.05, 0.1) is 0 Å². The molecule has 5 aromatic carbocycles. The minimum atomic E-state index is 0.143. The molecule has 0 saturated carbocycles. The van der Waals surface area contributed by atoms with Crippen molar-refractivity contribution in [2.45, 2.75) is 11.8 Å². The third-order valence-corrected chi connectivity index (χ3v) is 6.02. The van der Waals surface area contributed by atoms with Crippen molar-refractivity contribution >= 4 is 0 Å². The second-order valence-electron chi connectivity index (χ2n) is 8.09. The van der Waals surface area contributed by atoms with E-state index in [4.69, 9.17) is 0 Å². The van der Waals surface area contributed by atoms with Gasteiger partial charge in [0.2, 0.25) is 0 Å². The molecule has 5 aromatic rings. The summed E-state index contributed by atoms with van der Waals surface area (Å²) >= 11 is 0. The summed E-state index contributed by atoms with van der Waals surface area (Å²) < 4.78 is 0. The van der Waals surface area contributed by atoms with Crippen LogP contribution in [0.25, 0.3) is 0 Å². The lowest BCUT2D eigenvalue weighted by atomic mass is 9.80. The molecule has 0 bridgehead atoms. The third-order valence-electron chi connectivity index (χ3n) is 6.02. The van der Waals surface area contributed by atoms with Gasteiger partial charge in [0.15, 0.2) is 0 Å². The predicted octanol–water partition coefficient (Wildman–Crippen LogP) is 7.85. The molecule has 0 atom stereocenters. The number of rotatable bonds is 6. The monoisotopic (exact) mass is 409 g/mol. The van der Waals surface area contributed by atoms with Crippen molar-refractivity contribution in [1.29, 1.82) is 0 Å². The predicted molar refractivity (Wildman–Crippen MR) is 133 cm³/mol. The van der Waals surface area contributed by atoms with Gasteiger partial charge in [-0.2, -0.15) is 0 Å². The molecule has 1 radical (unpaired) electrons. The average molecular weight is 410 g/mol. The van der Waals surface area contributed by atoms with Crippen LogP contribution < -0.4 is 0 Å². The van der Waals surface area contributed by atoms with Crippen LogP contribution >= 0.6 is 0 Å². The highest BCUT2D eigenvalue weighted by Crippen LogP contribution is 2.36. The van der Waals surface area contributed by atoms with Crippen LogP contribution in [0.4, 0.5) is 0 Å². The Morgan fingerprint density at radius 1 is 0.375 bits per heavy atom. The van der Waals surface area contributed by atoms with E-state index in [0.29, 0.717) is 0 Å². The highest BCUT2D eigenvalue weighted by Gasteiger charge is 2.21. The molecule has 0 aliphatic rings. The zero-order valence-electron chi connectivity index (χ0n) is 17.9. The second kappa shape index (κ2) is 9.49. The van der Waals surface area contributed by atoms with E-state index in [1.165, 1.54) is 33.4 Å². The fourth-order valence-electron chi connectivity index (χ4n) is 4.56. The number of hydrogen-bond acceptors (Lipinski definition) is 0. The molecule has 153 valence electrons. The summed E-state index contributed by atoms with van der Waals surface area (Å²) in [6, 6.07) is 53.2. The summed E-state index contributed by atoms with van der Waals surface area (Å²) in [5, 5.41) is 0. The Hall–Kier alpha value is -3.90. The molecule has 0 spiro atoms. The van der Waals surface area contributed by atoms with Crippen molar-refractivity contribution in [3.05, 3.63) is 179 Å². The number of hydrogen-bond donors (Lipinski definition) is 0. The summed E-state index contributed by atoms with van der Waals surface area (Å²) in [6.07, 6.45) is 0. The lowest BCUT2D eigenvalue weighted by Gasteiger charge is -2.23. The second-order valence-corrected chi connectivity index (χ2v) is 8.09. The van der Waals surface area contributed by atoms with E-state index in [1.54, 1.807) is 0 Å². The Bertz CT molecular complexity index is 1070. The fourth-order valence-corrected chi connectivity index (χ4v) is 4.56. The Morgan fingerprint density at radius 2 is 0.750 bits per heavy atom. The van der Waals surface area contributed by atoms with E-state index in [0.717, 1.165) is 0 Å². The molecule has 0 heterocycles. The first-order valence-corrected chi connectivity index (χ1v) is 11.1.